The average Bonchev–Trinajstić information content (AvgIpc) is 2.15. The Labute approximate surface area is 83.6 Å². The molecule has 1 aromatic carbocycles. The molecule has 0 aliphatic rings. The molecule has 2 nitrogen and oxygen atoms in total. The lowest BCUT2D eigenvalue weighted by Crippen LogP contribution is -1.88. The van der Waals surface area contributed by atoms with Gasteiger partial charge in [-0.2, -0.15) is 5.26 Å². The number of benzene rings is 1. The van der Waals surface area contributed by atoms with Gasteiger partial charge in [0.25, 0.3) is 0 Å². The zero-order chi connectivity index (χ0) is 9.68. The summed E-state index contributed by atoms with van der Waals surface area (Å²) in [7, 11) is 1.62. The number of hydrogen-bond acceptors (Lipinski definition) is 3. The Morgan fingerprint density at radius 2 is 2.31 bits per heavy atom. The molecule has 0 N–H and O–H groups in total. The molecule has 0 heterocycles. The number of aryl methyl sites for hydroxylation is 1. The molecule has 0 fully saturated rings. The standard InChI is InChI=1S/C10H11NOS/c1-12-9-5-4-8(3-2-6-11)7-10(9)13/h4-5,7,13H,2-3H2,1H3. The highest BCUT2D eigenvalue weighted by Crippen LogP contribution is 2.23. The second-order valence-corrected chi connectivity index (χ2v) is 3.15. The Kier molecular flexibility index (Phi) is 3.66. The highest BCUT2D eigenvalue weighted by Gasteiger charge is 1.99. The van der Waals surface area contributed by atoms with Crippen LogP contribution < -0.4 is 4.74 Å². The molecule has 0 radical (unpaired) electrons. The van der Waals surface area contributed by atoms with Crippen LogP contribution in [0.1, 0.15) is 12.0 Å². The summed E-state index contributed by atoms with van der Waals surface area (Å²) in [5.41, 5.74) is 1.12. The SMILES string of the molecule is COc1ccc(CCC#N)cc1S. The minimum absolute atomic E-state index is 0.541. The normalized spacial score (nSPS) is 9.31. The monoisotopic (exact) mass is 193 g/mol. The van der Waals surface area contributed by atoms with Gasteiger partial charge in [-0.25, -0.2) is 0 Å². The van der Waals surface area contributed by atoms with Crippen LogP contribution in [-0.2, 0) is 6.42 Å². The number of nitrogens with zero attached hydrogens (tertiary/aromatic N) is 1. The van der Waals surface area contributed by atoms with Crippen LogP contribution in [0.15, 0.2) is 23.1 Å². The molecule has 0 saturated heterocycles. The minimum Gasteiger partial charge on any atom is -0.496 e. The van der Waals surface area contributed by atoms with Crippen LogP contribution in [0.3, 0.4) is 0 Å². The van der Waals surface area contributed by atoms with Crippen molar-refractivity contribution in [2.45, 2.75) is 17.7 Å². The topological polar surface area (TPSA) is 33.0 Å². The molecule has 3 heteroatoms. The Bertz CT molecular complexity index is 330. The highest BCUT2D eigenvalue weighted by atomic mass is 32.1. The highest BCUT2D eigenvalue weighted by molar-refractivity contribution is 7.80. The smallest absolute Gasteiger partial charge is 0.132 e. The molecule has 0 aromatic heterocycles. The fraction of sp³-hybridized carbons (Fsp3) is 0.300. The van der Waals surface area contributed by atoms with Gasteiger partial charge in [-0.3, -0.25) is 0 Å². The number of nitriles is 1. The molecule has 68 valence electrons. The zero-order valence-corrected chi connectivity index (χ0v) is 8.34. The maximum Gasteiger partial charge on any atom is 0.132 e. The van der Waals surface area contributed by atoms with Gasteiger partial charge < -0.3 is 4.74 Å². The van der Waals surface area contributed by atoms with Crippen molar-refractivity contribution in [3.05, 3.63) is 23.8 Å². The summed E-state index contributed by atoms with van der Waals surface area (Å²) in [6, 6.07) is 7.86. The van der Waals surface area contributed by atoms with Gasteiger partial charge in [-0.1, -0.05) is 6.07 Å². The first-order valence-corrected chi connectivity index (χ1v) is 4.45. The van der Waals surface area contributed by atoms with Crippen molar-refractivity contribution in [1.29, 1.82) is 5.26 Å². The third-order valence-electron chi connectivity index (χ3n) is 1.77. The van der Waals surface area contributed by atoms with Crippen molar-refractivity contribution in [2.24, 2.45) is 0 Å². The van der Waals surface area contributed by atoms with Crippen LogP contribution in [0.2, 0.25) is 0 Å². The van der Waals surface area contributed by atoms with E-state index in [-0.39, 0.29) is 0 Å². The maximum absolute atomic E-state index is 8.40. The van der Waals surface area contributed by atoms with Gasteiger partial charge in [-0.05, 0) is 24.1 Å². The van der Waals surface area contributed by atoms with Crippen LogP contribution >= 0.6 is 12.6 Å². The van der Waals surface area contributed by atoms with Gasteiger partial charge in [0.1, 0.15) is 5.75 Å². The van der Waals surface area contributed by atoms with E-state index in [1.807, 2.05) is 18.2 Å². The van der Waals surface area contributed by atoms with E-state index in [2.05, 4.69) is 18.7 Å². The van der Waals surface area contributed by atoms with Gasteiger partial charge in [0, 0.05) is 11.3 Å². The molecule has 1 aromatic rings. The lowest BCUT2D eigenvalue weighted by molar-refractivity contribution is 0.405. The van der Waals surface area contributed by atoms with Crippen LogP contribution in [0.5, 0.6) is 5.75 Å². The summed E-state index contributed by atoms with van der Waals surface area (Å²) in [6.07, 6.45) is 1.31. The van der Waals surface area contributed by atoms with E-state index in [1.54, 1.807) is 7.11 Å². The molecule has 0 aliphatic heterocycles. The fourth-order valence-corrected chi connectivity index (χ4v) is 1.42. The lowest BCUT2D eigenvalue weighted by Gasteiger charge is -2.04. The molecule has 0 atom stereocenters. The molecule has 0 bridgehead atoms. The molecular weight excluding hydrogens is 182 g/mol. The number of methoxy groups -OCH3 is 1. The number of thiol groups is 1. The summed E-state index contributed by atoms with van der Waals surface area (Å²) >= 11 is 4.26. The Balaban J connectivity index is 2.78. The number of ether oxygens (including phenoxy) is 1. The second kappa shape index (κ2) is 4.78. The summed E-state index contributed by atoms with van der Waals surface area (Å²) in [4.78, 5) is 0.818. The summed E-state index contributed by atoms with van der Waals surface area (Å²) in [5, 5.41) is 8.40. The van der Waals surface area contributed by atoms with Crippen molar-refractivity contribution in [1.82, 2.24) is 0 Å². The lowest BCUT2D eigenvalue weighted by atomic mass is 10.1. The van der Waals surface area contributed by atoms with E-state index >= 15 is 0 Å². The van der Waals surface area contributed by atoms with E-state index in [0.29, 0.717) is 6.42 Å². The Morgan fingerprint density at radius 3 is 2.85 bits per heavy atom. The molecular formula is C10H11NOS. The van der Waals surface area contributed by atoms with Gasteiger partial charge in [0.05, 0.1) is 13.2 Å². The molecule has 13 heavy (non-hydrogen) atoms. The first kappa shape index (κ1) is 9.94. The quantitative estimate of drug-likeness (QED) is 0.748. The summed E-state index contributed by atoms with van der Waals surface area (Å²) < 4.78 is 5.06. The van der Waals surface area contributed by atoms with Crippen LogP contribution in [0.25, 0.3) is 0 Å². The minimum atomic E-state index is 0.541. The van der Waals surface area contributed by atoms with Gasteiger partial charge in [0.15, 0.2) is 0 Å². The van der Waals surface area contributed by atoms with Gasteiger partial charge in [-0.15, -0.1) is 12.6 Å². The summed E-state index contributed by atoms with van der Waals surface area (Å²) in [5.74, 6) is 0.768. The largest absolute Gasteiger partial charge is 0.496 e. The molecule has 1 rings (SSSR count). The molecule has 0 spiro atoms. The maximum atomic E-state index is 8.40. The first-order chi connectivity index (χ1) is 6.27. The van der Waals surface area contributed by atoms with Gasteiger partial charge in [0.2, 0.25) is 0 Å². The molecule has 0 saturated carbocycles. The molecule has 0 aliphatic carbocycles. The predicted octanol–water partition coefficient (Wildman–Crippen LogP) is 2.44. The van der Waals surface area contributed by atoms with Crippen molar-refractivity contribution in [3.63, 3.8) is 0 Å². The van der Waals surface area contributed by atoms with E-state index in [9.17, 15) is 0 Å². The van der Waals surface area contributed by atoms with E-state index in [0.717, 1.165) is 22.6 Å². The molecule has 0 amide bonds. The van der Waals surface area contributed by atoms with Crippen LogP contribution in [0.4, 0.5) is 0 Å². The van der Waals surface area contributed by atoms with E-state index in [4.69, 9.17) is 10.00 Å². The average molecular weight is 193 g/mol. The van der Waals surface area contributed by atoms with E-state index in [1.165, 1.54) is 0 Å². The third kappa shape index (κ3) is 2.67. The second-order valence-electron chi connectivity index (χ2n) is 2.66. The van der Waals surface area contributed by atoms with Crippen molar-refractivity contribution in [2.75, 3.05) is 7.11 Å². The Hall–Kier alpha value is -1.14. The van der Waals surface area contributed by atoms with Crippen molar-refractivity contribution in [3.8, 4) is 11.8 Å². The van der Waals surface area contributed by atoms with Crippen LogP contribution in [0, 0.1) is 11.3 Å². The predicted molar refractivity (Wildman–Crippen MR) is 54.2 cm³/mol. The zero-order valence-electron chi connectivity index (χ0n) is 7.45. The van der Waals surface area contributed by atoms with Crippen LogP contribution in [-0.4, -0.2) is 7.11 Å². The van der Waals surface area contributed by atoms with E-state index < -0.39 is 0 Å². The van der Waals surface area contributed by atoms with Gasteiger partial charge >= 0.3 is 0 Å². The fourth-order valence-electron chi connectivity index (χ4n) is 1.09. The van der Waals surface area contributed by atoms with Crippen molar-refractivity contribution >= 4 is 12.6 Å². The Morgan fingerprint density at radius 1 is 1.54 bits per heavy atom. The summed E-state index contributed by atoms with van der Waals surface area (Å²) in [6.45, 7) is 0. The third-order valence-corrected chi connectivity index (χ3v) is 2.12. The molecule has 0 unspecified atom stereocenters. The van der Waals surface area contributed by atoms with Crippen molar-refractivity contribution < 1.29 is 4.74 Å². The first-order valence-electron chi connectivity index (χ1n) is 4.00. The number of rotatable bonds is 3. The number of hydrogen-bond donors (Lipinski definition) is 1.